The second kappa shape index (κ2) is 6.84. The molecule has 0 unspecified atom stereocenters. The van der Waals surface area contributed by atoms with Crippen LogP contribution in [-0.2, 0) is 17.8 Å². The Morgan fingerprint density at radius 1 is 1.13 bits per heavy atom. The largest absolute Gasteiger partial charge is 0.488 e. The molecule has 0 bridgehead atoms. The van der Waals surface area contributed by atoms with Crippen molar-refractivity contribution in [1.82, 2.24) is 0 Å². The third-order valence-electron chi connectivity index (χ3n) is 3.86. The fourth-order valence-electron chi connectivity index (χ4n) is 2.52. The topological polar surface area (TPSA) is 46.5 Å². The molecule has 0 saturated carbocycles. The molecule has 1 aromatic heterocycles. The number of carbonyl (C=O) groups is 1. The highest BCUT2D eigenvalue weighted by Gasteiger charge is 2.08. The number of fused-ring (bicyclic) bond motifs is 1. The van der Waals surface area contributed by atoms with Crippen molar-refractivity contribution in [3.05, 3.63) is 64.5 Å². The Morgan fingerprint density at radius 2 is 1.87 bits per heavy atom. The minimum Gasteiger partial charge on any atom is -0.488 e. The highest BCUT2D eigenvalue weighted by atomic mass is 32.1. The van der Waals surface area contributed by atoms with Crippen LogP contribution in [0.1, 0.15) is 22.4 Å². The van der Waals surface area contributed by atoms with E-state index in [0.29, 0.717) is 13.0 Å². The van der Waals surface area contributed by atoms with E-state index in [9.17, 15) is 4.79 Å². The molecule has 4 heteroatoms. The molecule has 0 spiro atoms. The minimum absolute atomic E-state index is 0.154. The molecular formula is C19H18O3S. The molecule has 3 rings (SSSR count). The summed E-state index contributed by atoms with van der Waals surface area (Å²) in [5, 5.41) is 9.99. The van der Waals surface area contributed by atoms with Gasteiger partial charge in [0.1, 0.15) is 12.4 Å². The summed E-state index contributed by atoms with van der Waals surface area (Å²) in [7, 11) is 0. The fourth-order valence-corrected chi connectivity index (χ4v) is 3.64. The molecule has 3 aromatic rings. The van der Waals surface area contributed by atoms with Crippen molar-refractivity contribution in [3.8, 4) is 5.75 Å². The van der Waals surface area contributed by atoms with E-state index in [0.717, 1.165) is 11.3 Å². The molecule has 0 saturated heterocycles. The van der Waals surface area contributed by atoms with Gasteiger partial charge in [0.05, 0.1) is 0 Å². The molecule has 2 aromatic carbocycles. The Balaban J connectivity index is 1.65. The minimum atomic E-state index is -0.773. The van der Waals surface area contributed by atoms with E-state index in [-0.39, 0.29) is 6.42 Å². The number of benzene rings is 2. The maximum absolute atomic E-state index is 10.6. The average Bonchev–Trinajstić information content (AvgIpc) is 2.88. The van der Waals surface area contributed by atoms with Crippen molar-refractivity contribution < 1.29 is 14.6 Å². The number of carboxylic acids is 1. The van der Waals surface area contributed by atoms with E-state index in [1.54, 1.807) is 11.3 Å². The van der Waals surface area contributed by atoms with Gasteiger partial charge >= 0.3 is 5.97 Å². The zero-order valence-electron chi connectivity index (χ0n) is 12.9. The summed E-state index contributed by atoms with van der Waals surface area (Å²) in [6.07, 6.45) is 0.701. The Labute approximate surface area is 139 Å². The highest BCUT2D eigenvalue weighted by molar-refractivity contribution is 7.19. The molecule has 0 radical (unpaired) electrons. The number of rotatable bonds is 6. The third kappa shape index (κ3) is 3.71. The molecule has 1 heterocycles. The lowest BCUT2D eigenvalue weighted by Gasteiger charge is -2.06. The van der Waals surface area contributed by atoms with Crippen LogP contribution in [0.4, 0.5) is 0 Å². The first-order valence-corrected chi connectivity index (χ1v) is 8.35. The van der Waals surface area contributed by atoms with Crippen molar-refractivity contribution >= 4 is 27.4 Å². The lowest BCUT2D eigenvalue weighted by Crippen LogP contribution is -1.98. The van der Waals surface area contributed by atoms with Gasteiger partial charge in [-0.2, -0.15) is 0 Å². The standard InChI is InChI=1S/C19H18O3S/c1-13-16-4-2-3-5-17(16)23-18(13)12-22-15-9-6-14(7-10-15)8-11-19(20)21/h2-7,9-10H,8,11-12H2,1H3,(H,20,21). The molecule has 1 N–H and O–H groups in total. The van der Waals surface area contributed by atoms with Crippen molar-refractivity contribution in [2.45, 2.75) is 26.4 Å². The van der Waals surface area contributed by atoms with E-state index in [1.165, 1.54) is 20.5 Å². The van der Waals surface area contributed by atoms with E-state index >= 15 is 0 Å². The SMILES string of the molecule is Cc1c(COc2ccc(CCC(=O)O)cc2)sc2ccccc12. The van der Waals surface area contributed by atoms with Gasteiger partial charge in [-0.1, -0.05) is 30.3 Å². The van der Waals surface area contributed by atoms with Crippen LogP contribution in [0.2, 0.25) is 0 Å². The van der Waals surface area contributed by atoms with Gasteiger partial charge in [0.25, 0.3) is 0 Å². The van der Waals surface area contributed by atoms with Crippen LogP contribution in [0, 0.1) is 6.92 Å². The predicted molar refractivity (Wildman–Crippen MR) is 93.3 cm³/mol. The van der Waals surface area contributed by atoms with Crippen molar-refractivity contribution in [1.29, 1.82) is 0 Å². The van der Waals surface area contributed by atoms with Gasteiger partial charge in [-0.15, -0.1) is 11.3 Å². The molecule has 23 heavy (non-hydrogen) atoms. The summed E-state index contributed by atoms with van der Waals surface area (Å²) in [6.45, 7) is 2.69. The molecular weight excluding hydrogens is 308 g/mol. The summed E-state index contributed by atoms with van der Waals surface area (Å²) in [6, 6.07) is 16.0. The monoisotopic (exact) mass is 326 g/mol. The molecule has 0 aliphatic carbocycles. The number of thiophene rings is 1. The Kier molecular flexibility index (Phi) is 4.63. The van der Waals surface area contributed by atoms with Crippen molar-refractivity contribution in [2.24, 2.45) is 0 Å². The van der Waals surface area contributed by atoms with Gasteiger partial charge in [0.15, 0.2) is 0 Å². The molecule has 0 fully saturated rings. The van der Waals surface area contributed by atoms with Gasteiger partial charge in [-0.05, 0) is 48.1 Å². The number of aryl methyl sites for hydroxylation is 2. The van der Waals surface area contributed by atoms with Crippen LogP contribution in [0.25, 0.3) is 10.1 Å². The van der Waals surface area contributed by atoms with E-state index in [4.69, 9.17) is 9.84 Å². The van der Waals surface area contributed by atoms with E-state index in [1.807, 2.05) is 24.3 Å². The van der Waals surface area contributed by atoms with Gasteiger partial charge in [-0.25, -0.2) is 0 Å². The summed E-state index contributed by atoms with van der Waals surface area (Å²) >= 11 is 1.77. The number of hydrogen-bond donors (Lipinski definition) is 1. The van der Waals surface area contributed by atoms with Gasteiger partial charge in [-0.3, -0.25) is 4.79 Å². The number of carboxylic acid groups (broad SMARTS) is 1. The van der Waals surface area contributed by atoms with Gasteiger partial charge in [0, 0.05) is 16.0 Å². The third-order valence-corrected chi connectivity index (χ3v) is 5.11. The van der Waals surface area contributed by atoms with E-state index < -0.39 is 5.97 Å². The summed E-state index contributed by atoms with van der Waals surface area (Å²) in [4.78, 5) is 11.8. The molecule has 0 aliphatic heterocycles. The Bertz CT molecular complexity index is 818. The van der Waals surface area contributed by atoms with Gasteiger partial charge in [0.2, 0.25) is 0 Å². The first kappa shape index (κ1) is 15.6. The second-order valence-corrected chi connectivity index (χ2v) is 6.61. The summed E-state index contributed by atoms with van der Waals surface area (Å²) < 4.78 is 7.16. The fraction of sp³-hybridized carbons (Fsp3) is 0.211. The summed E-state index contributed by atoms with van der Waals surface area (Å²) in [5.41, 5.74) is 2.29. The quantitative estimate of drug-likeness (QED) is 0.707. The first-order chi connectivity index (χ1) is 11.1. The molecule has 3 nitrogen and oxygen atoms in total. The van der Waals surface area contributed by atoms with Crippen molar-refractivity contribution in [2.75, 3.05) is 0 Å². The lowest BCUT2D eigenvalue weighted by atomic mass is 10.1. The van der Waals surface area contributed by atoms with Crippen LogP contribution in [0.3, 0.4) is 0 Å². The average molecular weight is 326 g/mol. The number of ether oxygens (including phenoxy) is 1. The van der Waals surface area contributed by atoms with Crippen LogP contribution < -0.4 is 4.74 Å². The van der Waals surface area contributed by atoms with E-state index in [2.05, 4.69) is 31.2 Å². The maximum atomic E-state index is 10.6. The normalized spacial score (nSPS) is 10.8. The Hall–Kier alpha value is -2.33. The molecule has 118 valence electrons. The van der Waals surface area contributed by atoms with Crippen LogP contribution in [0.15, 0.2) is 48.5 Å². The van der Waals surface area contributed by atoms with Gasteiger partial charge < -0.3 is 9.84 Å². The maximum Gasteiger partial charge on any atom is 0.303 e. The zero-order chi connectivity index (χ0) is 16.2. The Morgan fingerprint density at radius 3 is 2.57 bits per heavy atom. The first-order valence-electron chi connectivity index (χ1n) is 7.54. The molecule has 0 amide bonds. The second-order valence-electron chi connectivity index (χ2n) is 5.47. The number of aliphatic carboxylic acids is 1. The smallest absolute Gasteiger partial charge is 0.303 e. The van der Waals surface area contributed by atoms with Crippen LogP contribution in [-0.4, -0.2) is 11.1 Å². The predicted octanol–water partition coefficient (Wildman–Crippen LogP) is 4.81. The van der Waals surface area contributed by atoms with Crippen LogP contribution >= 0.6 is 11.3 Å². The lowest BCUT2D eigenvalue weighted by molar-refractivity contribution is -0.136. The van der Waals surface area contributed by atoms with Crippen molar-refractivity contribution in [3.63, 3.8) is 0 Å². The van der Waals surface area contributed by atoms with Crippen LogP contribution in [0.5, 0.6) is 5.75 Å². The zero-order valence-corrected chi connectivity index (χ0v) is 13.7. The summed E-state index contributed by atoms with van der Waals surface area (Å²) in [5.74, 6) is 0.0338. The number of hydrogen-bond acceptors (Lipinski definition) is 3. The molecule has 0 aliphatic rings. The highest BCUT2D eigenvalue weighted by Crippen LogP contribution is 2.31. The molecule has 0 atom stereocenters.